The number of halogens is 1. The zero-order valence-electron chi connectivity index (χ0n) is 27.1. The number of rotatable bonds is 11. The summed E-state index contributed by atoms with van der Waals surface area (Å²) in [5.74, 6) is 1.21. The number of anilines is 1. The second kappa shape index (κ2) is 14.3. The Morgan fingerprint density at radius 3 is 2.57 bits per heavy atom. The van der Waals surface area contributed by atoms with E-state index in [2.05, 4.69) is 24.8 Å². The molecule has 13 heteroatoms. The number of piperidine rings is 1. The predicted octanol–water partition coefficient (Wildman–Crippen LogP) is 4.69. The predicted molar refractivity (Wildman–Crippen MR) is 174 cm³/mol. The third-order valence-corrected chi connectivity index (χ3v) is 9.65. The van der Waals surface area contributed by atoms with Crippen molar-refractivity contribution in [1.82, 2.24) is 24.8 Å². The third-order valence-electron chi connectivity index (χ3n) is 8.67. The Hall–Kier alpha value is -3.84. The van der Waals surface area contributed by atoms with E-state index < -0.39 is 15.7 Å². The zero-order chi connectivity index (χ0) is 33.0. The molecule has 0 saturated carbocycles. The Morgan fingerprint density at radius 1 is 1.11 bits per heavy atom. The van der Waals surface area contributed by atoms with Gasteiger partial charge in [0.2, 0.25) is 0 Å². The zero-order valence-corrected chi connectivity index (χ0v) is 28.0. The monoisotopic (exact) mass is 654 g/mol. The van der Waals surface area contributed by atoms with Gasteiger partial charge in [0.25, 0.3) is 5.91 Å². The number of aromatic nitrogens is 3. The summed E-state index contributed by atoms with van der Waals surface area (Å²) in [6.45, 7) is 8.26. The average Bonchev–Trinajstić information content (AvgIpc) is 3.02. The van der Waals surface area contributed by atoms with E-state index in [1.54, 1.807) is 17.3 Å². The number of sulfone groups is 1. The maximum atomic E-state index is 14.3. The summed E-state index contributed by atoms with van der Waals surface area (Å²) in [5.41, 5.74) is 2.08. The fourth-order valence-electron chi connectivity index (χ4n) is 6.26. The molecule has 2 aromatic heterocycles. The lowest BCUT2D eigenvalue weighted by Gasteiger charge is -2.37. The highest BCUT2D eigenvalue weighted by molar-refractivity contribution is 7.90. The molecule has 0 N–H and O–H groups in total. The van der Waals surface area contributed by atoms with E-state index in [0.717, 1.165) is 30.0 Å². The van der Waals surface area contributed by atoms with Crippen LogP contribution in [0.2, 0.25) is 0 Å². The number of carbonyl (C=O) groups is 1. The van der Waals surface area contributed by atoms with Crippen molar-refractivity contribution in [3.63, 3.8) is 0 Å². The van der Waals surface area contributed by atoms with Crippen molar-refractivity contribution in [2.45, 2.75) is 64.6 Å². The van der Waals surface area contributed by atoms with E-state index in [4.69, 9.17) is 9.47 Å². The van der Waals surface area contributed by atoms with E-state index in [-0.39, 0.29) is 41.2 Å². The quantitative estimate of drug-likeness (QED) is 0.288. The van der Waals surface area contributed by atoms with Gasteiger partial charge in [-0.3, -0.25) is 14.7 Å². The number of likely N-dealkylation sites (N-methyl/N-ethyl adjacent to an activating group) is 1. The van der Waals surface area contributed by atoms with E-state index in [1.807, 2.05) is 33.9 Å². The number of hydrogen-bond acceptors (Lipinski definition) is 10. The smallest absolute Gasteiger partial charge is 0.257 e. The summed E-state index contributed by atoms with van der Waals surface area (Å²) in [6.07, 6.45) is 8.67. The van der Waals surface area contributed by atoms with Gasteiger partial charge in [-0.15, -0.1) is 0 Å². The van der Waals surface area contributed by atoms with Gasteiger partial charge in [-0.1, -0.05) is 0 Å². The SMILES string of the molecule is CCN(C(=O)c1cc(F)ccc1Oc1cncnc1N1CCC(Oc2ccnc3c2C(CCS(C)(=O)=O)N(C)CC3)CC1)C(C)C. The molecular formula is C33H43FN6O5S. The number of nitrogens with zero attached hydrogens (tertiary/aromatic N) is 6. The summed E-state index contributed by atoms with van der Waals surface area (Å²) in [6, 6.07) is 5.67. The number of ether oxygens (including phenoxy) is 2. The Bertz CT molecular complexity index is 1650. The minimum Gasteiger partial charge on any atom is -0.490 e. The molecule has 2 aliphatic heterocycles. The molecule has 1 fully saturated rings. The maximum absolute atomic E-state index is 14.3. The first-order valence-corrected chi connectivity index (χ1v) is 17.9. The normalized spacial score (nSPS) is 17.5. The minimum absolute atomic E-state index is 0.0610. The highest BCUT2D eigenvalue weighted by Gasteiger charge is 2.32. The fourth-order valence-corrected chi connectivity index (χ4v) is 6.91. The highest BCUT2D eigenvalue weighted by Crippen LogP contribution is 2.39. The molecule has 0 radical (unpaired) electrons. The lowest BCUT2D eigenvalue weighted by Crippen LogP contribution is -2.39. The van der Waals surface area contributed by atoms with Gasteiger partial charge in [-0.2, -0.15) is 0 Å². The number of benzene rings is 1. The third kappa shape index (κ3) is 7.75. The van der Waals surface area contributed by atoms with Gasteiger partial charge < -0.3 is 19.3 Å². The number of hydrogen-bond donors (Lipinski definition) is 0. The van der Waals surface area contributed by atoms with Crippen LogP contribution in [-0.4, -0.2) is 96.5 Å². The van der Waals surface area contributed by atoms with Gasteiger partial charge in [0.15, 0.2) is 11.6 Å². The molecule has 1 unspecified atom stereocenters. The van der Waals surface area contributed by atoms with Crippen LogP contribution in [0.4, 0.5) is 10.2 Å². The number of carbonyl (C=O) groups excluding carboxylic acids is 1. The largest absolute Gasteiger partial charge is 0.490 e. The molecule has 2 aliphatic rings. The molecule has 1 aromatic carbocycles. The van der Waals surface area contributed by atoms with Gasteiger partial charge in [-0.05, 0) is 58.5 Å². The standard InChI is InChI=1S/C33H43FN6O5S/c1-6-40(22(2)3)33(41)25-19-23(34)7-8-28(25)45-30-20-35-21-37-32(30)39-16-10-24(11-17-39)44-29-9-14-36-26-12-15-38(4)27(31(26)29)13-18-46(5,42)43/h7-9,14,19-22,24,27H,6,10-13,15-18H2,1-5H3. The molecular weight excluding hydrogens is 611 g/mol. The Balaban J connectivity index is 1.31. The molecule has 5 rings (SSSR count). The van der Waals surface area contributed by atoms with E-state index in [9.17, 15) is 17.6 Å². The maximum Gasteiger partial charge on any atom is 0.257 e. The molecule has 4 heterocycles. The Labute approximate surface area is 270 Å². The van der Waals surface area contributed by atoms with E-state index >= 15 is 0 Å². The number of pyridine rings is 1. The van der Waals surface area contributed by atoms with Crippen molar-refractivity contribution in [2.75, 3.05) is 50.1 Å². The summed E-state index contributed by atoms with van der Waals surface area (Å²) >= 11 is 0. The van der Waals surface area contributed by atoms with Gasteiger partial charge in [-0.25, -0.2) is 22.8 Å². The summed E-state index contributed by atoms with van der Waals surface area (Å²) in [7, 11) is -1.10. The van der Waals surface area contributed by atoms with Crippen LogP contribution >= 0.6 is 0 Å². The molecule has 0 bridgehead atoms. The summed E-state index contributed by atoms with van der Waals surface area (Å²) < 4.78 is 51.1. The molecule has 1 saturated heterocycles. The van der Waals surface area contributed by atoms with Gasteiger partial charge >= 0.3 is 0 Å². The lowest BCUT2D eigenvalue weighted by atomic mass is 9.94. The molecule has 1 atom stereocenters. The van der Waals surface area contributed by atoms with Crippen LogP contribution in [-0.2, 0) is 16.3 Å². The minimum atomic E-state index is -3.11. The van der Waals surface area contributed by atoms with Crippen LogP contribution in [0.1, 0.15) is 67.7 Å². The van der Waals surface area contributed by atoms with Crippen molar-refractivity contribution in [1.29, 1.82) is 0 Å². The topological polar surface area (TPSA) is 118 Å². The van der Waals surface area contributed by atoms with Crippen LogP contribution in [0, 0.1) is 5.82 Å². The summed E-state index contributed by atoms with van der Waals surface area (Å²) in [4.78, 5) is 32.6. The van der Waals surface area contributed by atoms with E-state index in [1.165, 1.54) is 30.8 Å². The molecule has 3 aromatic rings. The fraction of sp³-hybridized carbons (Fsp3) is 0.515. The first-order chi connectivity index (χ1) is 21.9. The van der Waals surface area contributed by atoms with Crippen LogP contribution in [0.3, 0.4) is 0 Å². The molecule has 46 heavy (non-hydrogen) atoms. The van der Waals surface area contributed by atoms with Crippen LogP contribution in [0.15, 0.2) is 43.0 Å². The Kier molecular flexibility index (Phi) is 10.4. The van der Waals surface area contributed by atoms with Crippen molar-refractivity contribution in [3.05, 3.63) is 65.6 Å². The first-order valence-electron chi connectivity index (χ1n) is 15.8. The van der Waals surface area contributed by atoms with Gasteiger partial charge in [0, 0.05) is 75.5 Å². The van der Waals surface area contributed by atoms with Crippen molar-refractivity contribution in [2.24, 2.45) is 0 Å². The number of fused-ring (bicyclic) bond motifs is 1. The number of amides is 1. The Morgan fingerprint density at radius 2 is 1.87 bits per heavy atom. The lowest BCUT2D eigenvalue weighted by molar-refractivity contribution is 0.0713. The van der Waals surface area contributed by atoms with Crippen LogP contribution in [0.5, 0.6) is 17.2 Å². The van der Waals surface area contributed by atoms with Crippen molar-refractivity contribution >= 4 is 21.6 Å². The molecule has 11 nitrogen and oxygen atoms in total. The molecule has 0 aliphatic carbocycles. The molecule has 0 spiro atoms. The second-order valence-corrected chi connectivity index (χ2v) is 14.5. The molecule has 1 amide bonds. The average molecular weight is 655 g/mol. The van der Waals surface area contributed by atoms with Gasteiger partial charge in [0.05, 0.1) is 23.2 Å². The van der Waals surface area contributed by atoms with Crippen LogP contribution in [0.25, 0.3) is 0 Å². The van der Waals surface area contributed by atoms with E-state index in [0.29, 0.717) is 50.5 Å². The van der Waals surface area contributed by atoms with Gasteiger partial charge in [0.1, 0.15) is 39.6 Å². The van der Waals surface area contributed by atoms with Crippen LogP contribution < -0.4 is 14.4 Å². The highest BCUT2D eigenvalue weighted by atomic mass is 32.2. The van der Waals surface area contributed by atoms with Crippen molar-refractivity contribution in [3.8, 4) is 17.2 Å². The van der Waals surface area contributed by atoms with Crippen molar-refractivity contribution < 1.29 is 27.1 Å². The molecule has 248 valence electrons. The first kappa shape index (κ1) is 33.5. The second-order valence-electron chi connectivity index (χ2n) is 12.3. The summed E-state index contributed by atoms with van der Waals surface area (Å²) in [5, 5.41) is 0.